The molecule has 1 fully saturated rings. The maximum Gasteiger partial charge on any atom is 0.246 e. The Morgan fingerprint density at radius 3 is 2.34 bits per heavy atom. The van der Waals surface area contributed by atoms with E-state index in [1.165, 1.54) is 18.7 Å². The van der Waals surface area contributed by atoms with Gasteiger partial charge in [-0.05, 0) is 62.3 Å². The van der Waals surface area contributed by atoms with Gasteiger partial charge < -0.3 is 39.8 Å². The summed E-state index contributed by atoms with van der Waals surface area (Å²) in [4.78, 5) is 52.4. The first kappa shape index (κ1) is 49.6. The van der Waals surface area contributed by atoms with Gasteiger partial charge in [0.25, 0.3) is 0 Å². The molecule has 13 nitrogen and oxygen atoms in total. The lowest BCUT2D eigenvalue weighted by Crippen LogP contribution is -2.58. The summed E-state index contributed by atoms with van der Waals surface area (Å²) in [5, 5.41) is 17.2. The van der Waals surface area contributed by atoms with Crippen LogP contribution in [-0.4, -0.2) is 119 Å². The molecule has 1 saturated heterocycles. The summed E-state index contributed by atoms with van der Waals surface area (Å²) in [7, 11) is 0. The van der Waals surface area contributed by atoms with Gasteiger partial charge in [-0.1, -0.05) is 63.2 Å². The zero-order valence-corrected chi connectivity index (χ0v) is 39.9. The van der Waals surface area contributed by atoms with E-state index in [-0.39, 0.29) is 76.4 Å². The Hall–Kier alpha value is -5.33. The molecule has 2 aromatic heterocycles. The number of halogens is 3. The van der Waals surface area contributed by atoms with Gasteiger partial charge in [0.1, 0.15) is 48.4 Å². The van der Waals surface area contributed by atoms with Crippen molar-refractivity contribution in [1.82, 2.24) is 30.4 Å². The third-order valence-electron chi connectivity index (χ3n) is 12.2. The Morgan fingerprint density at radius 1 is 0.985 bits per heavy atom. The molecule has 0 aliphatic carbocycles. The highest BCUT2D eigenvalue weighted by molar-refractivity contribution is 7.13. The van der Waals surface area contributed by atoms with Gasteiger partial charge in [-0.25, -0.2) is 18.2 Å². The number of aliphatic hydroxyl groups is 1. The number of thiazole rings is 1. The summed E-state index contributed by atoms with van der Waals surface area (Å²) in [6, 6.07) is 14.7. The lowest BCUT2D eigenvalue weighted by atomic mass is 9.85. The van der Waals surface area contributed by atoms with Gasteiger partial charge in [-0.3, -0.25) is 19.3 Å². The van der Waals surface area contributed by atoms with Crippen LogP contribution in [0.25, 0.3) is 21.3 Å². The zero-order valence-electron chi connectivity index (χ0n) is 39.1. The number of nitrogens with zero attached hydrogens (tertiary/aromatic N) is 3. The van der Waals surface area contributed by atoms with E-state index >= 15 is 13.2 Å². The Morgan fingerprint density at radius 2 is 1.67 bits per heavy atom. The van der Waals surface area contributed by atoms with Crippen LogP contribution in [0.1, 0.15) is 82.1 Å². The Kier molecular flexibility index (Phi) is 15.5. The van der Waals surface area contributed by atoms with E-state index in [0.29, 0.717) is 12.1 Å². The molecule has 7 rings (SSSR count). The van der Waals surface area contributed by atoms with E-state index in [0.717, 1.165) is 50.3 Å². The average molecular weight is 947 g/mol. The molecular weight excluding hydrogens is 886 g/mol. The second kappa shape index (κ2) is 20.9. The minimum Gasteiger partial charge on any atom is -0.491 e. The van der Waals surface area contributed by atoms with Crippen molar-refractivity contribution in [2.24, 2.45) is 5.41 Å². The fraction of sp³-hybridized carbons (Fsp3) is 0.480. The number of fused-ring (bicyclic) bond motifs is 3. The lowest BCUT2D eigenvalue weighted by molar-refractivity contribution is -0.144. The number of carbonyl (C=O) groups excluding carboxylic acids is 3. The number of amides is 3. The van der Waals surface area contributed by atoms with Crippen LogP contribution in [0.15, 0.2) is 66.2 Å². The number of rotatable bonds is 18. The number of benzene rings is 3. The number of aromatic nitrogens is 2. The number of β-amino-alcohol motifs (C(OH)–C–C–N with tert-alkyl or cyclic N) is 1. The number of alkyl halides is 1. The fourth-order valence-electron chi connectivity index (χ4n) is 8.99. The number of para-hydroxylation sites is 1. The molecule has 0 radical (unpaired) electrons. The first-order valence-electron chi connectivity index (χ1n) is 22.7. The molecule has 4 heterocycles. The predicted molar refractivity (Wildman–Crippen MR) is 250 cm³/mol. The summed E-state index contributed by atoms with van der Waals surface area (Å²) in [6.45, 7) is 12.1. The van der Waals surface area contributed by atoms with Crippen molar-refractivity contribution in [3.63, 3.8) is 0 Å². The minimum atomic E-state index is -1.62. The van der Waals surface area contributed by atoms with Crippen molar-refractivity contribution >= 4 is 40.0 Å². The van der Waals surface area contributed by atoms with Gasteiger partial charge in [0, 0.05) is 66.4 Å². The Balaban J connectivity index is 0.865. The number of ether oxygens (including phenoxy) is 3. The summed E-state index contributed by atoms with van der Waals surface area (Å²) in [6.07, 6.45) is -0.253. The summed E-state index contributed by atoms with van der Waals surface area (Å²) in [5.41, 5.74) is 4.52. The van der Waals surface area contributed by atoms with Crippen molar-refractivity contribution < 1.29 is 46.9 Å². The summed E-state index contributed by atoms with van der Waals surface area (Å²) < 4.78 is 64.0. The van der Waals surface area contributed by atoms with E-state index < -0.39 is 64.7 Å². The number of likely N-dealkylation sites (tertiary alicyclic amines) is 1. The summed E-state index contributed by atoms with van der Waals surface area (Å²) >= 11 is 1.56. The van der Waals surface area contributed by atoms with Crippen molar-refractivity contribution in [3.05, 3.63) is 106 Å². The third-order valence-corrected chi connectivity index (χ3v) is 13.2. The van der Waals surface area contributed by atoms with E-state index in [1.54, 1.807) is 37.6 Å². The van der Waals surface area contributed by atoms with Gasteiger partial charge in [-0.15, -0.1) is 11.3 Å². The van der Waals surface area contributed by atoms with E-state index in [9.17, 15) is 19.5 Å². The molecule has 3 aromatic carbocycles. The Labute approximate surface area is 393 Å². The molecule has 5 aromatic rings. The van der Waals surface area contributed by atoms with Crippen molar-refractivity contribution in [2.75, 3.05) is 46.1 Å². The molecule has 17 heteroatoms. The monoisotopic (exact) mass is 946 g/mol. The lowest BCUT2D eigenvalue weighted by Gasteiger charge is -2.43. The fourth-order valence-corrected chi connectivity index (χ4v) is 9.80. The predicted octanol–water partition coefficient (Wildman–Crippen LogP) is 7.18. The second-order valence-corrected chi connectivity index (χ2v) is 20.0. The standard InChI is InChI=1S/C50H61F3N6O7S/c1-29-20-36-35-10-8-9-11-39(35)56-43(36)44(59(29)27-50(6,7)53)42-37(51)22-34(23-38(42)52)66-19-18-64-16-17-65-26-41(61)57-46(49(3,4)5)48(63)58-25-33(60)21-40(58)47(62)54-24-31-12-14-32(15-13-31)45-30(2)55-28-67-45/h8-15,22-23,28-29,33,40,44,46,56,60H,16-21,24-27H2,1-7H3,(H,54,62)(H,57,61)/t29-,33-,40+,44-,46?/m1/s1. The van der Waals surface area contributed by atoms with E-state index in [4.69, 9.17) is 14.2 Å². The number of H-pyrrole nitrogens is 1. The maximum atomic E-state index is 16.0. The van der Waals surface area contributed by atoms with Gasteiger partial charge in [0.15, 0.2) is 0 Å². The van der Waals surface area contributed by atoms with E-state index in [1.807, 2.05) is 67.3 Å². The maximum absolute atomic E-state index is 16.0. The molecule has 0 spiro atoms. The van der Waals surface area contributed by atoms with Crippen LogP contribution in [0, 0.1) is 24.0 Å². The number of hydrogen-bond donors (Lipinski definition) is 4. The number of nitrogens with one attached hydrogen (secondary N) is 3. The molecule has 0 bridgehead atoms. The highest BCUT2D eigenvalue weighted by atomic mass is 32.1. The molecule has 360 valence electrons. The minimum absolute atomic E-state index is 0.0232. The Bertz CT molecular complexity index is 2510. The molecule has 1 unspecified atom stereocenters. The highest BCUT2D eigenvalue weighted by Crippen LogP contribution is 2.44. The van der Waals surface area contributed by atoms with Crippen LogP contribution in [0.3, 0.4) is 0 Å². The molecule has 2 aliphatic heterocycles. The van der Waals surface area contributed by atoms with Crippen molar-refractivity contribution in [2.45, 2.75) is 104 Å². The van der Waals surface area contributed by atoms with Gasteiger partial charge in [0.05, 0.1) is 48.0 Å². The first-order chi connectivity index (χ1) is 31.8. The van der Waals surface area contributed by atoms with Crippen LogP contribution >= 0.6 is 11.3 Å². The molecule has 67 heavy (non-hydrogen) atoms. The summed E-state index contributed by atoms with van der Waals surface area (Å²) in [5.74, 6) is -3.11. The van der Waals surface area contributed by atoms with E-state index in [2.05, 4.69) is 20.6 Å². The topological polar surface area (TPSA) is 158 Å². The molecule has 2 aliphatic rings. The zero-order chi connectivity index (χ0) is 48.2. The van der Waals surface area contributed by atoms with Crippen molar-refractivity contribution in [3.8, 4) is 16.2 Å². The number of aliphatic hydroxyl groups excluding tert-OH is 1. The first-order valence-corrected chi connectivity index (χ1v) is 23.5. The molecule has 5 atom stereocenters. The van der Waals surface area contributed by atoms with Crippen LogP contribution in [0.4, 0.5) is 13.2 Å². The molecule has 0 saturated carbocycles. The van der Waals surface area contributed by atoms with Gasteiger partial charge >= 0.3 is 0 Å². The quantitative estimate of drug-likeness (QED) is 0.0668. The SMILES string of the molecule is Cc1ncsc1-c1ccc(CNC(=O)[C@@H]2C[C@@H](O)CN2C(=O)C(NC(=O)COCCOCCOc2cc(F)c([C@@H]3c4[nH]c5ccccc5c4C[C@@H](C)N3CC(C)(C)F)c(F)c2)C(C)(C)C)cc1. The normalized spacial score (nSPS) is 19.4. The van der Waals surface area contributed by atoms with Crippen LogP contribution in [-0.2, 0) is 36.8 Å². The second-order valence-electron chi connectivity index (χ2n) is 19.2. The van der Waals surface area contributed by atoms with Crippen molar-refractivity contribution in [1.29, 1.82) is 0 Å². The molecule has 3 amide bonds. The smallest absolute Gasteiger partial charge is 0.246 e. The highest BCUT2D eigenvalue weighted by Gasteiger charge is 2.45. The number of aromatic amines is 1. The van der Waals surface area contributed by atoms with Gasteiger partial charge in [-0.2, -0.15) is 0 Å². The third kappa shape index (κ3) is 11.9. The average Bonchev–Trinajstić information content (AvgIpc) is 3.99. The number of aryl methyl sites for hydroxylation is 1. The number of carbonyl (C=O) groups is 3. The van der Waals surface area contributed by atoms with Crippen LogP contribution < -0.4 is 15.4 Å². The molecular formula is C50H61F3N6O7S. The van der Waals surface area contributed by atoms with Gasteiger partial charge in [0.2, 0.25) is 17.7 Å². The number of hydrogen-bond acceptors (Lipinski definition) is 10. The van der Waals surface area contributed by atoms with Crippen LogP contribution in [0.2, 0.25) is 0 Å². The largest absolute Gasteiger partial charge is 0.491 e. The van der Waals surface area contributed by atoms with Crippen LogP contribution in [0.5, 0.6) is 5.75 Å². The molecule has 4 N–H and O–H groups in total.